The smallest absolute Gasteiger partial charge is 0.448 e. The molecule has 1 heterocycles. The summed E-state index contributed by atoms with van der Waals surface area (Å²) in [5.74, 6) is 0. The molecule has 2 nitrogen and oxygen atoms in total. The standard InChI is InChI=1S/C5H3Cl2N2.Na/c6-3-2-9-5(7)1-4(3)8;/h1H,(H2,8,9);/q-1;+1. The van der Waals surface area contributed by atoms with Crippen molar-refractivity contribution in [2.24, 2.45) is 0 Å². The Morgan fingerprint density at radius 1 is 1.50 bits per heavy atom. The molecule has 0 bridgehead atoms. The molecule has 1 rings (SSSR count). The third-order valence-electron chi connectivity index (χ3n) is 0.789. The molecule has 2 N–H and O–H groups in total. The van der Waals surface area contributed by atoms with Gasteiger partial charge in [-0.2, -0.15) is 0 Å². The van der Waals surface area contributed by atoms with E-state index < -0.39 is 0 Å². The van der Waals surface area contributed by atoms with Crippen LogP contribution in [0.4, 0.5) is 5.69 Å². The van der Waals surface area contributed by atoms with Gasteiger partial charge in [0.1, 0.15) is 0 Å². The van der Waals surface area contributed by atoms with Crippen LogP contribution >= 0.6 is 23.2 Å². The molecule has 0 aliphatic heterocycles. The van der Waals surface area contributed by atoms with Crippen LogP contribution in [0.15, 0.2) is 6.07 Å². The number of hydrogen-bond acceptors (Lipinski definition) is 2. The molecule has 0 radical (unpaired) electrons. The normalized spacial score (nSPS) is 8.60. The molecule has 1 aromatic heterocycles. The fourth-order valence-electron chi connectivity index (χ4n) is 0.391. The third-order valence-corrected chi connectivity index (χ3v) is 1.29. The number of nitrogen functional groups attached to an aromatic ring is 1. The van der Waals surface area contributed by atoms with Crippen LogP contribution in [-0.4, -0.2) is 4.98 Å². The number of nitrogens with two attached hydrogens (primary N) is 1. The maximum absolute atomic E-state index is 5.48. The molecule has 0 spiro atoms. The molecule has 0 saturated carbocycles. The van der Waals surface area contributed by atoms with Crippen molar-refractivity contribution in [2.45, 2.75) is 0 Å². The average molecular weight is 185 g/mol. The van der Waals surface area contributed by atoms with Gasteiger partial charge in [-0.1, -0.05) is 11.9 Å². The molecule has 0 atom stereocenters. The van der Waals surface area contributed by atoms with Crippen molar-refractivity contribution < 1.29 is 29.6 Å². The minimum absolute atomic E-state index is 0. The summed E-state index contributed by atoms with van der Waals surface area (Å²) in [4.78, 5) is 3.57. The number of halogens is 2. The van der Waals surface area contributed by atoms with Crippen molar-refractivity contribution in [1.29, 1.82) is 0 Å². The zero-order valence-corrected chi connectivity index (χ0v) is 8.87. The molecular weight excluding hydrogens is 182 g/mol. The van der Waals surface area contributed by atoms with Gasteiger partial charge in [0.2, 0.25) is 0 Å². The van der Waals surface area contributed by atoms with Crippen molar-refractivity contribution in [2.75, 3.05) is 5.73 Å². The van der Waals surface area contributed by atoms with Gasteiger partial charge < -0.3 is 10.7 Å². The Kier molecular flexibility index (Phi) is 4.65. The Labute approximate surface area is 91.0 Å². The van der Waals surface area contributed by atoms with E-state index in [4.69, 9.17) is 28.9 Å². The Bertz CT molecular complexity index is 229. The van der Waals surface area contributed by atoms with Gasteiger partial charge in [-0.3, -0.25) is 0 Å². The quantitative estimate of drug-likeness (QED) is 0.312. The number of anilines is 1. The summed E-state index contributed by atoms with van der Waals surface area (Å²) in [6.45, 7) is 0. The van der Waals surface area contributed by atoms with E-state index in [-0.39, 0.29) is 29.6 Å². The number of aromatic nitrogens is 1. The summed E-state index contributed by atoms with van der Waals surface area (Å²) in [5, 5.41) is 0.608. The van der Waals surface area contributed by atoms with Crippen LogP contribution in [0.2, 0.25) is 10.2 Å². The molecule has 10 heavy (non-hydrogen) atoms. The van der Waals surface area contributed by atoms with Gasteiger partial charge in [0.25, 0.3) is 0 Å². The summed E-state index contributed by atoms with van der Waals surface area (Å²) >= 11 is 10.9. The van der Waals surface area contributed by atoms with Crippen LogP contribution in [0, 0.1) is 6.20 Å². The molecule has 1 aromatic rings. The van der Waals surface area contributed by atoms with E-state index in [0.717, 1.165) is 0 Å². The second kappa shape index (κ2) is 4.42. The summed E-state index contributed by atoms with van der Waals surface area (Å²) in [7, 11) is 0. The van der Waals surface area contributed by atoms with Gasteiger partial charge in [0.15, 0.2) is 0 Å². The Morgan fingerprint density at radius 3 is 2.50 bits per heavy atom. The zero-order valence-electron chi connectivity index (χ0n) is 5.36. The van der Waals surface area contributed by atoms with Gasteiger partial charge in [-0.05, 0) is 5.02 Å². The van der Waals surface area contributed by atoms with E-state index in [2.05, 4.69) is 11.2 Å². The Hall–Kier alpha value is 0.530. The van der Waals surface area contributed by atoms with Gasteiger partial charge in [-0.25, -0.2) is 0 Å². The molecule has 0 aliphatic rings. The third kappa shape index (κ3) is 2.64. The van der Waals surface area contributed by atoms with E-state index in [0.29, 0.717) is 15.9 Å². The van der Waals surface area contributed by atoms with Crippen molar-refractivity contribution in [3.63, 3.8) is 0 Å². The monoisotopic (exact) mass is 184 g/mol. The summed E-state index contributed by atoms with van der Waals surface area (Å²) in [5.41, 5.74) is 5.73. The van der Waals surface area contributed by atoms with Gasteiger partial charge in [-0.15, -0.1) is 29.3 Å². The number of hydrogen-bond donors (Lipinski definition) is 1. The second-order valence-corrected chi connectivity index (χ2v) is 2.23. The Balaban J connectivity index is 0.000000810. The van der Waals surface area contributed by atoms with Gasteiger partial charge in [0, 0.05) is 5.15 Å². The second-order valence-electron chi connectivity index (χ2n) is 1.46. The van der Waals surface area contributed by atoms with Crippen molar-refractivity contribution >= 4 is 28.9 Å². The van der Waals surface area contributed by atoms with E-state index in [1.807, 2.05) is 0 Å². The summed E-state index contributed by atoms with van der Waals surface area (Å²) in [6, 6.07) is 1.47. The van der Waals surface area contributed by atoms with Gasteiger partial charge in [0.05, 0.1) is 0 Å². The summed E-state index contributed by atoms with van der Waals surface area (Å²) in [6.07, 6.45) is 2.43. The van der Waals surface area contributed by atoms with Crippen molar-refractivity contribution in [3.8, 4) is 0 Å². The predicted molar refractivity (Wildman–Crippen MR) is 37.5 cm³/mol. The van der Waals surface area contributed by atoms with Crippen LogP contribution < -0.4 is 35.3 Å². The molecule has 0 aliphatic carbocycles. The number of nitrogens with zero attached hydrogens (tertiary/aromatic N) is 1. The maximum Gasteiger partial charge on any atom is 1.00 e. The van der Waals surface area contributed by atoms with Gasteiger partial charge >= 0.3 is 29.6 Å². The molecule has 0 unspecified atom stereocenters. The number of rotatable bonds is 0. The van der Waals surface area contributed by atoms with E-state index in [1.165, 1.54) is 6.07 Å². The molecular formula is C5H3Cl2N2Na. The predicted octanol–water partition coefficient (Wildman–Crippen LogP) is -1.23. The fourth-order valence-corrected chi connectivity index (χ4v) is 0.648. The maximum atomic E-state index is 5.48. The topological polar surface area (TPSA) is 38.9 Å². The summed E-state index contributed by atoms with van der Waals surface area (Å²) < 4.78 is 0. The first-order valence-corrected chi connectivity index (χ1v) is 2.95. The minimum Gasteiger partial charge on any atom is -0.448 e. The average Bonchev–Trinajstić information content (AvgIpc) is 1.80. The molecule has 5 heteroatoms. The van der Waals surface area contributed by atoms with E-state index >= 15 is 0 Å². The van der Waals surface area contributed by atoms with Crippen LogP contribution in [0.1, 0.15) is 0 Å². The SMILES string of the molecule is Nc1cc(Cl)n[c-]c1Cl.[Na+]. The first kappa shape index (κ1) is 10.5. The molecule has 0 saturated heterocycles. The molecule has 48 valence electrons. The molecule has 0 fully saturated rings. The van der Waals surface area contributed by atoms with Crippen LogP contribution in [0.5, 0.6) is 0 Å². The van der Waals surface area contributed by atoms with Crippen molar-refractivity contribution in [3.05, 3.63) is 22.4 Å². The van der Waals surface area contributed by atoms with Crippen LogP contribution in [0.3, 0.4) is 0 Å². The number of pyridine rings is 1. The van der Waals surface area contributed by atoms with E-state index in [9.17, 15) is 0 Å². The van der Waals surface area contributed by atoms with Crippen LogP contribution in [0.25, 0.3) is 0 Å². The largest absolute Gasteiger partial charge is 1.00 e. The zero-order chi connectivity index (χ0) is 6.85. The first-order chi connectivity index (χ1) is 4.20. The first-order valence-electron chi connectivity index (χ1n) is 2.19. The fraction of sp³-hybridized carbons (Fsp3) is 0. The Morgan fingerprint density at radius 2 is 2.10 bits per heavy atom. The molecule has 0 aromatic carbocycles. The molecule has 0 amide bonds. The minimum atomic E-state index is 0. The van der Waals surface area contributed by atoms with E-state index in [1.54, 1.807) is 0 Å². The van der Waals surface area contributed by atoms with Crippen molar-refractivity contribution in [1.82, 2.24) is 4.98 Å². The van der Waals surface area contributed by atoms with Crippen LogP contribution in [-0.2, 0) is 0 Å².